The lowest BCUT2D eigenvalue weighted by Crippen LogP contribution is -2.20. The monoisotopic (exact) mass is 368 g/mol. The summed E-state index contributed by atoms with van der Waals surface area (Å²) < 4.78 is 14.7. The number of halogens is 1. The van der Waals surface area contributed by atoms with Gasteiger partial charge in [0.05, 0.1) is 17.4 Å². The third kappa shape index (κ3) is 4.00. The van der Waals surface area contributed by atoms with E-state index in [0.717, 1.165) is 55.3 Å². The van der Waals surface area contributed by atoms with Gasteiger partial charge in [0.1, 0.15) is 12.1 Å². The highest BCUT2D eigenvalue weighted by molar-refractivity contribution is 5.79. The van der Waals surface area contributed by atoms with Crippen LogP contribution < -0.4 is 0 Å². The Balaban J connectivity index is 1.54. The second-order valence-corrected chi connectivity index (χ2v) is 7.75. The number of H-pyrrole nitrogens is 1. The van der Waals surface area contributed by atoms with E-state index >= 15 is 0 Å². The fourth-order valence-electron chi connectivity index (χ4n) is 4.23. The normalized spacial score (nSPS) is 25.4. The molecule has 2 heterocycles. The Morgan fingerprint density at radius 1 is 1.19 bits per heavy atom. The quantitative estimate of drug-likeness (QED) is 0.845. The number of benzene rings is 1. The Labute approximate surface area is 158 Å². The van der Waals surface area contributed by atoms with Crippen LogP contribution >= 0.6 is 0 Å². The van der Waals surface area contributed by atoms with Gasteiger partial charge in [-0.05, 0) is 75.0 Å². The summed E-state index contributed by atoms with van der Waals surface area (Å²) in [4.78, 5) is 8.59. The number of aromatic nitrogens is 3. The molecular formula is C21H25FN4O. The highest BCUT2D eigenvalue weighted by Gasteiger charge is 2.23. The third-order valence-electron chi connectivity index (χ3n) is 5.74. The van der Waals surface area contributed by atoms with Gasteiger partial charge in [-0.25, -0.2) is 9.37 Å². The molecule has 4 rings (SSSR count). The highest BCUT2D eigenvalue weighted by Crippen LogP contribution is 2.35. The SMILES string of the molecule is Cc1cc(-c2ncn[nH]2)c(F)cc1C1=CC(CC2CCC(O)CC2)CC=N1. The second kappa shape index (κ2) is 7.72. The van der Waals surface area contributed by atoms with Crippen LogP contribution in [0.3, 0.4) is 0 Å². The summed E-state index contributed by atoms with van der Waals surface area (Å²) in [5.74, 6) is 1.19. The van der Waals surface area contributed by atoms with Gasteiger partial charge in [0.2, 0.25) is 0 Å². The van der Waals surface area contributed by atoms with Gasteiger partial charge in [0.25, 0.3) is 0 Å². The number of nitrogens with one attached hydrogen (secondary N) is 1. The molecule has 1 aliphatic carbocycles. The molecule has 142 valence electrons. The molecule has 0 bridgehead atoms. The molecule has 1 saturated carbocycles. The maximum absolute atomic E-state index is 14.7. The molecule has 1 aromatic heterocycles. The zero-order valence-corrected chi connectivity index (χ0v) is 15.5. The minimum atomic E-state index is -0.327. The van der Waals surface area contributed by atoms with Crippen LogP contribution in [0.15, 0.2) is 29.5 Å². The maximum Gasteiger partial charge on any atom is 0.158 e. The molecule has 27 heavy (non-hydrogen) atoms. The molecule has 1 atom stereocenters. The van der Waals surface area contributed by atoms with Crippen LogP contribution in [0.25, 0.3) is 17.1 Å². The van der Waals surface area contributed by atoms with Crippen LogP contribution in [-0.4, -0.2) is 32.6 Å². The average molecular weight is 368 g/mol. The number of nitrogens with zero attached hydrogens (tertiary/aromatic N) is 3. The van der Waals surface area contributed by atoms with Crippen molar-refractivity contribution in [3.63, 3.8) is 0 Å². The van der Waals surface area contributed by atoms with E-state index in [1.807, 2.05) is 13.1 Å². The smallest absolute Gasteiger partial charge is 0.158 e. The number of allylic oxidation sites excluding steroid dienone is 1. The van der Waals surface area contributed by atoms with Crippen molar-refractivity contribution in [2.75, 3.05) is 0 Å². The topological polar surface area (TPSA) is 74.2 Å². The number of aryl methyl sites for hydroxylation is 1. The lowest BCUT2D eigenvalue weighted by molar-refractivity contribution is 0.103. The molecule has 2 aromatic rings. The predicted octanol–water partition coefficient (Wildman–Crippen LogP) is 4.29. The van der Waals surface area contributed by atoms with Crippen LogP contribution in [0, 0.1) is 24.6 Å². The lowest BCUT2D eigenvalue weighted by atomic mass is 9.80. The molecule has 0 radical (unpaired) electrons. The minimum Gasteiger partial charge on any atom is -0.393 e. The molecule has 0 saturated heterocycles. The average Bonchev–Trinajstić information content (AvgIpc) is 3.20. The van der Waals surface area contributed by atoms with Gasteiger partial charge in [0.15, 0.2) is 5.82 Å². The predicted molar refractivity (Wildman–Crippen MR) is 104 cm³/mol. The molecule has 6 heteroatoms. The molecule has 0 spiro atoms. The Bertz CT molecular complexity index is 851. The number of aliphatic hydroxyl groups excluding tert-OH is 1. The molecular weight excluding hydrogens is 343 g/mol. The maximum atomic E-state index is 14.7. The molecule has 5 nitrogen and oxygen atoms in total. The van der Waals surface area contributed by atoms with Gasteiger partial charge in [-0.1, -0.05) is 6.08 Å². The standard InChI is InChI=1S/C21H25FN4O/c1-13-8-18(21-24-12-25-26-21)19(22)11-17(13)20-10-15(6-7-23-20)9-14-2-4-16(27)5-3-14/h7-8,10-12,14-16,27H,2-6,9H2,1H3,(H,24,25,26). The van der Waals surface area contributed by atoms with Gasteiger partial charge >= 0.3 is 0 Å². The van der Waals surface area contributed by atoms with E-state index in [1.165, 1.54) is 6.33 Å². The molecule has 2 N–H and O–H groups in total. The summed E-state index contributed by atoms with van der Waals surface area (Å²) in [7, 11) is 0. The van der Waals surface area contributed by atoms with E-state index in [1.54, 1.807) is 12.1 Å². The lowest BCUT2D eigenvalue weighted by Gasteiger charge is -2.28. The zero-order valence-electron chi connectivity index (χ0n) is 15.5. The van der Waals surface area contributed by atoms with Gasteiger partial charge in [0, 0.05) is 11.8 Å². The minimum absolute atomic E-state index is 0.117. The number of aliphatic hydroxyl groups is 1. The van der Waals surface area contributed by atoms with Crippen molar-refractivity contribution in [2.24, 2.45) is 16.8 Å². The highest BCUT2D eigenvalue weighted by atomic mass is 19.1. The van der Waals surface area contributed by atoms with Crippen LogP contribution in [0.4, 0.5) is 4.39 Å². The third-order valence-corrected chi connectivity index (χ3v) is 5.74. The van der Waals surface area contributed by atoms with E-state index in [4.69, 9.17) is 0 Å². The molecule has 1 fully saturated rings. The van der Waals surface area contributed by atoms with E-state index in [0.29, 0.717) is 23.2 Å². The van der Waals surface area contributed by atoms with Crippen molar-refractivity contribution in [1.82, 2.24) is 15.2 Å². The summed E-state index contributed by atoms with van der Waals surface area (Å²) in [5, 5.41) is 16.2. The Morgan fingerprint density at radius 3 is 2.74 bits per heavy atom. The first kappa shape index (κ1) is 18.0. The summed E-state index contributed by atoms with van der Waals surface area (Å²) in [5.41, 5.74) is 3.07. The molecule has 1 aromatic carbocycles. The largest absolute Gasteiger partial charge is 0.393 e. The van der Waals surface area contributed by atoms with Crippen molar-refractivity contribution in [2.45, 2.75) is 51.6 Å². The molecule has 1 unspecified atom stereocenters. The first-order valence-corrected chi connectivity index (χ1v) is 9.69. The van der Waals surface area contributed by atoms with Gasteiger partial charge in [-0.2, -0.15) is 5.10 Å². The Kier molecular flexibility index (Phi) is 5.16. The molecule has 1 aliphatic heterocycles. The van der Waals surface area contributed by atoms with Crippen molar-refractivity contribution < 1.29 is 9.50 Å². The van der Waals surface area contributed by atoms with Crippen molar-refractivity contribution >= 4 is 11.9 Å². The molecule has 0 amide bonds. The number of aliphatic imine (C=N–C) groups is 1. The van der Waals surface area contributed by atoms with Crippen LogP contribution in [-0.2, 0) is 0 Å². The van der Waals surface area contributed by atoms with Crippen LogP contribution in [0.5, 0.6) is 0 Å². The van der Waals surface area contributed by atoms with E-state index in [9.17, 15) is 9.50 Å². The number of aromatic amines is 1. The first-order chi connectivity index (χ1) is 13.1. The summed E-state index contributed by atoms with van der Waals surface area (Å²) >= 11 is 0. The summed E-state index contributed by atoms with van der Waals surface area (Å²) in [6.45, 7) is 1.97. The molecule has 2 aliphatic rings. The first-order valence-electron chi connectivity index (χ1n) is 9.69. The van der Waals surface area contributed by atoms with Crippen LogP contribution in [0.1, 0.15) is 49.7 Å². The van der Waals surface area contributed by atoms with Gasteiger partial charge in [-0.15, -0.1) is 0 Å². The fourth-order valence-corrected chi connectivity index (χ4v) is 4.23. The summed E-state index contributed by atoms with van der Waals surface area (Å²) in [6, 6.07) is 3.35. The number of rotatable bonds is 4. The van der Waals surface area contributed by atoms with Gasteiger partial charge in [-0.3, -0.25) is 10.1 Å². The fraction of sp³-hybridized carbons (Fsp3) is 0.476. The number of hydrogen-bond donors (Lipinski definition) is 2. The van der Waals surface area contributed by atoms with Crippen molar-refractivity contribution in [1.29, 1.82) is 0 Å². The van der Waals surface area contributed by atoms with Crippen molar-refractivity contribution in [3.05, 3.63) is 41.5 Å². The Morgan fingerprint density at radius 2 is 2.00 bits per heavy atom. The van der Waals surface area contributed by atoms with Crippen molar-refractivity contribution in [3.8, 4) is 11.4 Å². The second-order valence-electron chi connectivity index (χ2n) is 7.75. The van der Waals surface area contributed by atoms with E-state index in [2.05, 4.69) is 26.2 Å². The Hall–Kier alpha value is -2.34. The zero-order chi connectivity index (χ0) is 18.8. The summed E-state index contributed by atoms with van der Waals surface area (Å²) in [6.07, 6.45) is 11.5. The van der Waals surface area contributed by atoms with E-state index < -0.39 is 0 Å². The number of hydrogen-bond acceptors (Lipinski definition) is 4. The van der Waals surface area contributed by atoms with Gasteiger partial charge < -0.3 is 5.11 Å². The van der Waals surface area contributed by atoms with Crippen LogP contribution in [0.2, 0.25) is 0 Å². The van der Waals surface area contributed by atoms with E-state index in [-0.39, 0.29) is 11.9 Å².